The van der Waals surface area contributed by atoms with E-state index in [1.165, 1.54) is 4.31 Å². The van der Waals surface area contributed by atoms with Gasteiger partial charge in [0.05, 0.1) is 10.9 Å². The highest BCUT2D eigenvalue weighted by Crippen LogP contribution is 2.18. The molecule has 0 saturated heterocycles. The van der Waals surface area contributed by atoms with E-state index in [-0.39, 0.29) is 23.4 Å². The number of nitrogens with zero attached hydrogens (tertiary/aromatic N) is 1. The van der Waals surface area contributed by atoms with Gasteiger partial charge in [-0.1, -0.05) is 60.2 Å². The Hall–Kier alpha value is -2.96. The zero-order valence-corrected chi connectivity index (χ0v) is 18.2. The number of benzene rings is 3. The first kappa shape index (κ1) is 21.7. The Labute approximate surface area is 178 Å². The fourth-order valence-corrected chi connectivity index (χ4v) is 4.26. The predicted octanol–water partition coefficient (Wildman–Crippen LogP) is 4.31. The van der Waals surface area contributed by atoms with Crippen molar-refractivity contribution in [3.8, 4) is 0 Å². The summed E-state index contributed by atoms with van der Waals surface area (Å²) in [6, 6.07) is 23.4. The first-order valence-electron chi connectivity index (χ1n) is 9.75. The minimum Gasteiger partial charge on any atom is -0.346 e. The third-order valence-corrected chi connectivity index (χ3v) is 6.82. The lowest BCUT2D eigenvalue weighted by Crippen LogP contribution is -2.27. The highest BCUT2D eigenvalue weighted by molar-refractivity contribution is 7.89. The molecule has 1 amide bonds. The second kappa shape index (κ2) is 9.24. The van der Waals surface area contributed by atoms with Gasteiger partial charge in [-0.05, 0) is 49.2 Å². The van der Waals surface area contributed by atoms with Crippen LogP contribution in [0, 0.1) is 6.92 Å². The standard InChI is InChI=1S/C24H26N2O3S/c1-18-9-15-23(16-10-18)30(28,29)26(3)17-20-11-13-22(14-12-20)24(27)25-19(2)21-7-5-4-6-8-21/h4-16,19H,17H2,1-3H3,(H,25,27)/t19-/m0/s1. The van der Waals surface area contributed by atoms with Crippen LogP contribution in [-0.2, 0) is 16.6 Å². The Bertz CT molecular complexity index is 1090. The van der Waals surface area contributed by atoms with Crippen molar-refractivity contribution in [3.63, 3.8) is 0 Å². The molecule has 3 rings (SSSR count). The van der Waals surface area contributed by atoms with Crippen molar-refractivity contribution < 1.29 is 13.2 Å². The molecule has 1 atom stereocenters. The molecule has 1 N–H and O–H groups in total. The third kappa shape index (κ3) is 5.14. The van der Waals surface area contributed by atoms with Crippen molar-refractivity contribution in [1.82, 2.24) is 9.62 Å². The minimum atomic E-state index is -3.57. The van der Waals surface area contributed by atoms with Gasteiger partial charge >= 0.3 is 0 Å². The molecular formula is C24H26N2O3S. The first-order chi connectivity index (χ1) is 14.3. The van der Waals surface area contributed by atoms with E-state index in [0.29, 0.717) is 5.56 Å². The fraction of sp³-hybridized carbons (Fsp3) is 0.208. The molecule has 3 aromatic carbocycles. The van der Waals surface area contributed by atoms with Gasteiger partial charge < -0.3 is 5.32 Å². The molecule has 0 aliphatic heterocycles. The normalized spacial score (nSPS) is 12.5. The number of carbonyl (C=O) groups is 1. The maximum absolute atomic E-state index is 12.7. The van der Waals surface area contributed by atoms with E-state index in [4.69, 9.17) is 0 Å². The van der Waals surface area contributed by atoms with Crippen LogP contribution in [-0.4, -0.2) is 25.7 Å². The van der Waals surface area contributed by atoms with Gasteiger partial charge in [-0.25, -0.2) is 8.42 Å². The van der Waals surface area contributed by atoms with Gasteiger partial charge in [0.25, 0.3) is 5.91 Å². The molecule has 156 valence electrons. The summed E-state index contributed by atoms with van der Waals surface area (Å²) in [6.07, 6.45) is 0. The van der Waals surface area contributed by atoms with Crippen LogP contribution in [0.4, 0.5) is 0 Å². The molecule has 3 aromatic rings. The Kier molecular flexibility index (Phi) is 6.70. The molecule has 0 saturated carbocycles. The Morgan fingerprint density at radius 3 is 2.13 bits per heavy atom. The van der Waals surface area contributed by atoms with E-state index < -0.39 is 10.0 Å². The molecule has 0 bridgehead atoms. The topological polar surface area (TPSA) is 66.5 Å². The number of sulfonamides is 1. The van der Waals surface area contributed by atoms with Gasteiger partial charge in [0, 0.05) is 19.2 Å². The summed E-state index contributed by atoms with van der Waals surface area (Å²) in [7, 11) is -2.02. The molecule has 30 heavy (non-hydrogen) atoms. The van der Waals surface area contributed by atoms with E-state index >= 15 is 0 Å². The minimum absolute atomic E-state index is 0.107. The van der Waals surface area contributed by atoms with Crippen molar-refractivity contribution >= 4 is 15.9 Å². The summed E-state index contributed by atoms with van der Waals surface area (Å²) in [5.74, 6) is -0.168. The molecule has 0 radical (unpaired) electrons. The Morgan fingerprint density at radius 2 is 1.53 bits per heavy atom. The monoisotopic (exact) mass is 422 g/mol. The Morgan fingerprint density at radius 1 is 0.933 bits per heavy atom. The number of rotatable bonds is 7. The summed E-state index contributed by atoms with van der Waals surface area (Å²) in [4.78, 5) is 12.8. The van der Waals surface area contributed by atoms with Crippen LogP contribution >= 0.6 is 0 Å². The van der Waals surface area contributed by atoms with Gasteiger partial charge in [-0.15, -0.1) is 0 Å². The number of amides is 1. The smallest absolute Gasteiger partial charge is 0.251 e. The second-order valence-electron chi connectivity index (χ2n) is 7.38. The van der Waals surface area contributed by atoms with Crippen molar-refractivity contribution in [2.75, 3.05) is 7.05 Å². The van der Waals surface area contributed by atoms with Gasteiger partial charge in [-0.2, -0.15) is 4.31 Å². The maximum Gasteiger partial charge on any atom is 0.251 e. The lowest BCUT2D eigenvalue weighted by Gasteiger charge is -2.18. The molecule has 5 nitrogen and oxygen atoms in total. The summed E-state index contributed by atoms with van der Waals surface area (Å²) >= 11 is 0. The fourth-order valence-electron chi connectivity index (χ4n) is 3.10. The SMILES string of the molecule is Cc1ccc(S(=O)(=O)N(C)Cc2ccc(C(=O)N[C@@H](C)c3ccccc3)cc2)cc1. The summed E-state index contributed by atoms with van der Waals surface area (Å²) in [5, 5.41) is 2.98. The van der Waals surface area contributed by atoms with E-state index in [1.54, 1.807) is 55.6 Å². The zero-order valence-electron chi connectivity index (χ0n) is 17.4. The van der Waals surface area contributed by atoms with Gasteiger partial charge in [-0.3, -0.25) is 4.79 Å². The number of hydrogen-bond donors (Lipinski definition) is 1. The molecule has 0 fully saturated rings. The summed E-state index contributed by atoms with van der Waals surface area (Å²) in [6.45, 7) is 4.07. The predicted molar refractivity (Wildman–Crippen MR) is 119 cm³/mol. The number of carbonyl (C=O) groups excluding carboxylic acids is 1. The van der Waals surface area contributed by atoms with E-state index in [2.05, 4.69) is 5.32 Å². The lowest BCUT2D eigenvalue weighted by molar-refractivity contribution is 0.0940. The quantitative estimate of drug-likeness (QED) is 0.617. The van der Waals surface area contributed by atoms with Crippen molar-refractivity contribution in [3.05, 3.63) is 101 Å². The van der Waals surface area contributed by atoms with Crippen LogP contribution in [0.2, 0.25) is 0 Å². The van der Waals surface area contributed by atoms with Gasteiger partial charge in [0.2, 0.25) is 10.0 Å². The second-order valence-corrected chi connectivity index (χ2v) is 9.42. The van der Waals surface area contributed by atoms with Crippen LogP contribution in [0.15, 0.2) is 83.8 Å². The molecule has 0 aromatic heterocycles. The largest absolute Gasteiger partial charge is 0.346 e. The number of hydrogen-bond acceptors (Lipinski definition) is 3. The van der Waals surface area contributed by atoms with Crippen molar-refractivity contribution in [2.45, 2.75) is 31.3 Å². The molecule has 0 aliphatic carbocycles. The van der Waals surface area contributed by atoms with Crippen molar-refractivity contribution in [2.24, 2.45) is 0 Å². The van der Waals surface area contributed by atoms with Crippen LogP contribution in [0.25, 0.3) is 0 Å². The van der Waals surface area contributed by atoms with Gasteiger partial charge in [0.15, 0.2) is 0 Å². The van der Waals surface area contributed by atoms with Crippen molar-refractivity contribution in [1.29, 1.82) is 0 Å². The summed E-state index contributed by atoms with van der Waals surface area (Å²) in [5.41, 5.74) is 3.38. The van der Waals surface area contributed by atoms with Crippen LogP contribution in [0.1, 0.15) is 40.0 Å². The van der Waals surface area contributed by atoms with Crippen LogP contribution in [0.5, 0.6) is 0 Å². The third-order valence-electron chi connectivity index (χ3n) is 5.00. The molecule has 6 heteroatoms. The first-order valence-corrected chi connectivity index (χ1v) is 11.2. The highest BCUT2D eigenvalue weighted by atomic mass is 32.2. The summed E-state index contributed by atoms with van der Waals surface area (Å²) < 4.78 is 26.8. The molecule has 0 spiro atoms. The highest BCUT2D eigenvalue weighted by Gasteiger charge is 2.21. The lowest BCUT2D eigenvalue weighted by atomic mass is 10.1. The molecular weight excluding hydrogens is 396 g/mol. The van der Waals surface area contributed by atoms with E-state index in [9.17, 15) is 13.2 Å². The number of nitrogens with one attached hydrogen (secondary N) is 1. The van der Waals surface area contributed by atoms with Crippen LogP contribution < -0.4 is 5.32 Å². The maximum atomic E-state index is 12.7. The molecule has 0 aliphatic rings. The number of aryl methyl sites for hydroxylation is 1. The molecule has 0 heterocycles. The zero-order chi connectivity index (χ0) is 21.7. The average Bonchev–Trinajstić information content (AvgIpc) is 2.75. The van der Waals surface area contributed by atoms with Crippen LogP contribution in [0.3, 0.4) is 0 Å². The van der Waals surface area contributed by atoms with E-state index in [0.717, 1.165) is 16.7 Å². The van der Waals surface area contributed by atoms with E-state index in [1.807, 2.05) is 44.2 Å². The average molecular weight is 423 g/mol. The Balaban J connectivity index is 1.65. The molecule has 0 unspecified atom stereocenters. The van der Waals surface area contributed by atoms with Gasteiger partial charge in [0.1, 0.15) is 0 Å².